The van der Waals surface area contributed by atoms with Crippen molar-refractivity contribution in [2.75, 3.05) is 6.54 Å². The van der Waals surface area contributed by atoms with Crippen LogP contribution in [0.4, 0.5) is 0 Å². The maximum atomic E-state index is 12.0. The van der Waals surface area contributed by atoms with Gasteiger partial charge >= 0.3 is 0 Å². The van der Waals surface area contributed by atoms with E-state index in [-0.39, 0.29) is 24.4 Å². The van der Waals surface area contributed by atoms with E-state index in [0.717, 1.165) is 25.0 Å². The lowest BCUT2D eigenvalue weighted by Crippen LogP contribution is -2.28. The summed E-state index contributed by atoms with van der Waals surface area (Å²) < 4.78 is 5.91. The number of rotatable bonds is 6. The number of hydrogen-bond acceptors (Lipinski definition) is 3. The zero-order valence-corrected chi connectivity index (χ0v) is 13.3. The van der Waals surface area contributed by atoms with Crippen molar-refractivity contribution in [3.05, 3.63) is 29.8 Å². The second-order valence-electron chi connectivity index (χ2n) is 5.57. The number of nitrogens with two attached hydrogens (primary N) is 1. The van der Waals surface area contributed by atoms with E-state index in [0.29, 0.717) is 18.2 Å². The van der Waals surface area contributed by atoms with Crippen molar-refractivity contribution in [3.8, 4) is 5.75 Å². The number of carbonyl (C=O) groups excluding carboxylic acids is 1. The Morgan fingerprint density at radius 3 is 2.81 bits per heavy atom. The van der Waals surface area contributed by atoms with Crippen molar-refractivity contribution >= 4 is 18.3 Å². The van der Waals surface area contributed by atoms with Crippen molar-refractivity contribution in [3.63, 3.8) is 0 Å². The number of hydrogen-bond donors (Lipinski definition) is 2. The molecule has 0 heterocycles. The molecule has 1 aliphatic rings. The van der Waals surface area contributed by atoms with Gasteiger partial charge in [0.05, 0.1) is 6.10 Å². The van der Waals surface area contributed by atoms with Gasteiger partial charge in [0.1, 0.15) is 5.75 Å². The molecule has 1 aliphatic carbocycles. The predicted octanol–water partition coefficient (Wildman–Crippen LogP) is 2.90. The highest BCUT2D eigenvalue weighted by atomic mass is 35.5. The zero-order chi connectivity index (χ0) is 14.4. The van der Waals surface area contributed by atoms with Gasteiger partial charge in [-0.3, -0.25) is 4.79 Å². The summed E-state index contributed by atoms with van der Waals surface area (Å²) in [5, 5.41) is 2.88. The Bertz CT molecular complexity index is 446. The first-order chi connectivity index (χ1) is 9.65. The molecule has 1 aromatic carbocycles. The number of ether oxygens (including phenoxy) is 1. The molecule has 1 saturated carbocycles. The van der Waals surface area contributed by atoms with Crippen LogP contribution in [-0.2, 0) is 0 Å². The van der Waals surface area contributed by atoms with Gasteiger partial charge in [-0.2, -0.15) is 0 Å². The smallest absolute Gasteiger partial charge is 0.251 e. The Morgan fingerprint density at radius 1 is 1.43 bits per heavy atom. The summed E-state index contributed by atoms with van der Waals surface area (Å²) in [6.45, 7) is 2.53. The van der Waals surface area contributed by atoms with Crippen LogP contribution >= 0.6 is 12.4 Å². The van der Waals surface area contributed by atoms with Gasteiger partial charge in [-0.05, 0) is 57.2 Å². The molecule has 3 N–H and O–H groups in total. The van der Waals surface area contributed by atoms with E-state index in [2.05, 4.69) is 5.32 Å². The molecule has 0 radical (unpaired) electrons. The molecule has 0 spiro atoms. The average molecular weight is 313 g/mol. The normalized spacial score (nSPS) is 16.1. The monoisotopic (exact) mass is 312 g/mol. The van der Waals surface area contributed by atoms with E-state index < -0.39 is 0 Å². The van der Waals surface area contributed by atoms with Crippen LogP contribution in [0.15, 0.2) is 24.3 Å². The number of carbonyl (C=O) groups is 1. The highest BCUT2D eigenvalue weighted by Crippen LogP contribution is 2.24. The minimum absolute atomic E-state index is 0. The van der Waals surface area contributed by atoms with Gasteiger partial charge < -0.3 is 15.8 Å². The molecule has 1 aromatic rings. The third kappa shape index (κ3) is 5.94. The molecule has 1 fully saturated rings. The molecular formula is C16H25ClN2O2. The first-order valence-corrected chi connectivity index (χ1v) is 7.45. The van der Waals surface area contributed by atoms with Crippen molar-refractivity contribution < 1.29 is 9.53 Å². The molecule has 2 rings (SSSR count). The van der Waals surface area contributed by atoms with Crippen LogP contribution in [0, 0.1) is 0 Å². The Labute approximate surface area is 132 Å². The second-order valence-corrected chi connectivity index (χ2v) is 5.57. The molecule has 0 saturated heterocycles. The van der Waals surface area contributed by atoms with E-state index in [9.17, 15) is 4.79 Å². The van der Waals surface area contributed by atoms with E-state index in [1.54, 1.807) is 0 Å². The number of benzene rings is 1. The van der Waals surface area contributed by atoms with Crippen molar-refractivity contribution in [2.24, 2.45) is 5.73 Å². The maximum absolute atomic E-state index is 12.0. The lowest BCUT2D eigenvalue weighted by molar-refractivity contribution is 0.0952. The summed E-state index contributed by atoms with van der Waals surface area (Å²) in [6, 6.07) is 7.51. The first-order valence-electron chi connectivity index (χ1n) is 7.45. The van der Waals surface area contributed by atoms with Crippen molar-refractivity contribution in [1.82, 2.24) is 5.32 Å². The lowest BCUT2D eigenvalue weighted by atomic mass is 10.2. The zero-order valence-electron chi connectivity index (χ0n) is 12.5. The minimum Gasteiger partial charge on any atom is -0.490 e. The van der Waals surface area contributed by atoms with Crippen molar-refractivity contribution in [1.29, 1.82) is 0 Å². The largest absolute Gasteiger partial charge is 0.490 e. The van der Waals surface area contributed by atoms with Crippen molar-refractivity contribution in [2.45, 2.75) is 51.2 Å². The standard InChI is InChI=1S/C16H24N2O2.ClH/c1-12(17)9-10-18-16(19)13-5-4-8-15(11-13)20-14-6-2-3-7-14;/h4-5,8,11-12,14H,2-3,6-7,9-10,17H2,1H3,(H,18,19);1H. The van der Waals surface area contributed by atoms with Crippen LogP contribution in [0.25, 0.3) is 0 Å². The molecule has 4 nitrogen and oxygen atoms in total. The average Bonchev–Trinajstić information content (AvgIpc) is 2.91. The molecule has 1 unspecified atom stereocenters. The maximum Gasteiger partial charge on any atom is 0.251 e. The molecule has 21 heavy (non-hydrogen) atoms. The lowest BCUT2D eigenvalue weighted by Gasteiger charge is -2.14. The molecule has 5 heteroatoms. The summed E-state index contributed by atoms with van der Waals surface area (Å²) in [5.74, 6) is 0.722. The summed E-state index contributed by atoms with van der Waals surface area (Å²) in [5.41, 5.74) is 6.31. The fraction of sp³-hybridized carbons (Fsp3) is 0.562. The SMILES string of the molecule is CC(N)CCNC(=O)c1cccc(OC2CCCC2)c1.Cl. The third-order valence-corrected chi connectivity index (χ3v) is 3.59. The topological polar surface area (TPSA) is 64.3 Å². The number of halogens is 1. The van der Waals surface area contributed by atoms with Gasteiger partial charge in [-0.25, -0.2) is 0 Å². The van der Waals surface area contributed by atoms with E-state index in [1.807, 2.05) is 31.2 Å². The Kier molecular flexibility index (Phi) is 7.54. The van der Waals surface area contributed by atoms with Crippen LogP contribution in [0.1, 0.15) is 49.4 Å². The van der Waals surface area contributed by atoms with E-state index in [4.69, 9.17) is 10.5 Å². The molecule has 1 amide bonds. The van der Waals surface area contributed by atoms with E-state index in [1.165, 1.54) is 12.8 Å². The first kappa shape index (κ1) is 17.8. The minimum atomic E-state index is -0.0671. The fourth-order valence-electron chi connectivity index (χ4n) is 2.42. The molecule has 0 bridgehead atoms. The van der Waals surface area contributed by atoms with Gasteiger partial charge in [-0.1, -0.05) is 6.07 Å². The molecular weight excluding hydrogens is 288 g/mol. The quantitative estimate of drug-likeness (QED) is 0.849. The molecule has 0 aliphatic heterocycles. The predicted molar refractivity (Wildman–Crippen MR) is 87.2 cm³/mol. The van der Waals surface area contributed by atoms with Gasteiger partial charge in [0.15, 0.2) is 0 Å². The second kappa shape index (κ2) is 8.90. The van der Waals surface area contributed by atoms with Crippen LogP contribution in [0.5, 0.6) is 5.75 Å². The van der Waals surface area contributed by atoms with Gasteiger partial charge in [0.25, 0.3) is 5.91 Å². The van der Waals surface area contributed by atoms with Crippen LogP contribution in [-0.4, -0.2) is 24.6 Å². The molecule has 0 aromatic heterocycles. The number of nitrogens with one attached hydrogen (secondary N) is 1. The highest BCUT2D eigenvalue weighted by molar-refractivity contribution is 5.94. The van der Waals surface area contributed by atoms with Crippen LogP contribution in [0.3, 0.4) is 0 Å². The molecule has 1 atom stereocenters. The molecule has 118 valence electrons. The third-order valence-electron chi connectivity index (χ3n) is 3.59. The summed E-state index contributed by atoms with van der Waals surface area (Å²) in [6.07, 6.45) is 5.80. The number of amides is 1. The van der Waals surface area contributed by atoms with E-state index >= 15 is 0 Å². The van der Waals surface area contributed by atoms with Gasteiger partial charge in [0.2, 0.25) is 0 Å². The van der Waals surface area contributed by atoms with Crippen LogP contribution < -0.4 is 15.8 Å². The van der Waals surface area contributed by atoms with Gasteiger partial charge in [-0.15, -0.1) is 12.4 Å². The van der Waals surface area contributed by atoms with Gasteiger partial charge in [0, 0.05) is 18.2 Å². The fourth-order valence-corrected chi connectivity index (χ4v) is 2.42. The Balaban J connectivity index is 0.00000220. The summed E-state index contributed by atoms with van der Waals surface area (Å²) >= 11 is 0. The van der Waals surface area contributed by atoms with Crippen LogP contribution in [0.2, 0.25) is 0 Å². The summed E-state index contributed by atoms with van der Waals surface area (Å²) in [4.78, 5) is 12.0. The summed E-state index contributed by atoms with van der Waals surface area (Å²) in [7, 11) is 0. The Hall–Kier alpha value is -1.26. The highest BCUT2D eigenvalue weighted by Gasteiger charge is 2.17. The Morgan fingerprint density at radius 2 is 2.14 bits per heavy atom.